The van der Waals surface area contributed by atoms with E-state index < -0.39 is 0 Å². The highest BCUT2D eigenvalue weighted by Crippen LogP contribution is 2.19. The molecule has 0 N–H and O–H groups in total. The first-order valence-electron chi connectivity index (χ1n) is 8.97. The van der Waals surface area contributed by atoms with Crippen molar-refractivity contribution in [2.45, 2.75) is 19.9 Å². The molecule has 1 heterocycles. The van der Waals surface area contributed by atoms with Crippen LogP contribution in [0.25, 0.3) is 0 Å². The fraction of sp³-hybridized carbons (Fsp3) is 0.381. The lowest BCUT2D eigenvalue weighted by atomic mass is 10.1. The van der Waals surface area contributed by atoms with Gasteiger partial charge in [0.05, 0.1) is 7.11 Å². The van der Waals surface area contributed by atoms with Crippen molar-refractivity contribution in [1.82, 2.24) is 9.80 Å². The van der Waals surface area contributed by atoms with Crippen LogP contribution in [0, 0.1) is 12.7 Å². The van der Waals surface area contributed by atoms with E-state index in [1.165, 1.54) is 13.2 Å². The fourth-order valence-electron chi connectivity index (χ4n) is 3.36. The summed E-state index contributed by atoms with van der Waals surface area (Å²) in [6.07, 6.45) is 0.913. The van der Waals surface area contributed by atoms with E-state index in [4.69, 9.17) is 4.74 Å². The molecule has 0 atom stereocenters. The van der Waals surface area contributed by atoms with Gasteiger partial charge in [-0.15, -0.1) is 0 Å². The molecule has 26 heavy (non-hydrogen) atoms. The average molecular weight is 356 g/mol. The number of amides is 1. The Morgan fingerprint density at radius 1 is 1.12 bits per heavy atom. The normalized spacial score (nSPS) is 15.6. The second-order valence-corrected chi connectivity index (χ2v) is 6.76. The number of nitrogens with zero attached hydrogens (tertiary/aromatic N) is 2. The third-order valence-corrected chi connectivity index (χ3v) is 4.76. The summed E-state index contributed by atoms with van der Waals surface area (Å²) >= 11 is 0. The minimum absolute atomic E-state index is 0.0889. The van der Waals surface area contributed by atoms with Gasteiger partial charge < -0.3 is 9.64 Å². The van der Waals surface area contributed by atoms with E-state index in [0.717, 1.165) is 42.7 Å². The van der Waals surface area contributed by atoms with Gasteiger partial charge in [0.15, 0.2) is 11.6 Å². The highest BCUT2D eigenvalue weighted by molar-refractivity contribution is 5.94. The molecule has 0 radical (unpaired) electrons. The zero-order valence-corrected chi connectivity index (χ0v) is 15.4. The number of ether oxygens (including phenoxy) is 1. The number of methoxy groups -OCH3 is 1. The van der Waals surface area contributed by atoms with E-state index in [1.807, 2.05) is 42.2 Å². The van der Waals surface area contributed by atoms with Crippen LogP contribution in [0.5, 0.6) is 5.75 Å². The Hall–Kier alpha value is -2.40. The van der Waals surface area contributed by atoms with E-state index in [1.54, 1.807) is 6.07 Å². The number of hydrogen-bond acceptors (Lipinski definition) is 3. The quantitative estimate of drug-likeness (QED) is 0.841. The van der Waals surface area contributed by atoms with Gasteiger partial charge >= 0.3 is 0 Å². The Bertz CT molecular complexity index is 778. The summed E-state index contributed by atoms with van der Waals surface area (Å²) in [5.41, 5.74) is 2.76. The maximum Gasteiger partial charge on any atom is 0.253 e. The SMILES string of the molecule is COc1ccc(CN2CCCN(C(=O)c3cccc(C)c3)CC2)cc1F. The van der Waals surface area contributed by atoms with Gasteiger partial charge in [0.2, 0.25) is 0 Å². The summed E-state index contributed by atoms with van der Waals surface area (Å²) in [5, 5.41) is 0. The van der Waals surface area contributed by atoms with Crippen LogP contribution >= 0.6 is 0 Å². The first-order chi connectivity index (χ1) is 12.6. The molecular formula is C21H25FN2O2. The fourth-order valence-corrected chi connectivity index (χ4v) is 3.36. The lowest BCUT2D eigenvalue weighted by molar-refractivity contribution is 0.0761. The Kier molecular flexibility index (Phi) is 5.89. The maximum atomic E-state index is 13.9. The summed E-state index contributed by atoms with van der Waals surface area (Å²) < 4.78 is 18.8. The predicted octanol–water partition coefficient (Wildman–Crippen LogP) is 3.49. The van der Waals surface area contributed by atoms with E-state index in [-0.39, 0.29) is 17.5 Å². The third kappa shape index (κ3) is 4.41. The molecule has 0 unspecified atom stereocenters. The Labute approximate surface area is 154 Å². The smallest absolute Gasteiger partial charge is 0.253 e. The van der Waals surface area contributed by atoms with Gasteiger partial charge in [0.25, 0.3) is 5.91 Å². The highest BCUT2D eigenvalue weighted by atomic mass is 19.1. The van der Waals surface area contributed by atoms with Gasteiger partial charge in [0.1, 0.15) is 0 Å². The van der Waals surface area contributed by atoms with Crippen molar-refractivity contribution in [3.8, 4) is 5.75 Å². The van der Waals surface area contributed by atoms with Crippen LogP contribution in [-0.2, 0) is 6.54 Å². The summed E-state index contributed by atoms with van der Waals surface area (Å²) in [6, 6.07) is 12.8. The van der Waals surface area contributed by atoms with Gasteiger partial charge in [-0.05, 0) is 43.2 Å². The van der Waals surface area contributed by atoms with Crippen LogP contribution in [0.15, 0.2) is 42.5 Å². The number of carbonyl (C=O) groups excluding carboxylic acids is 1. The first kappa shape index (κ1) is 18.4. The van der Waals surface area contributed by atoms with Crippen molar-refractivity contribution in [3.63, 3.8) is 0 Å². The number of halogens is 1. The van der Waals surface area contributed by atoms with Crippen molar-refractivity contribution in [2.24, 2.45) is 0 Å². The molecule has 2 aromatic carbocycles. The van der Waals surface area contributed by atoms with E-state index in [2.05, 4.69) is 4.90 Å². The third-order valence-electron chi connectivity index (χ3n) is 4.76. The van der Waals surface area contributed by atoms with Gasteiger partial charge in [-0.1, -0.05) is 23.8 Å². The van der Waals surface area contributed by atoms with Gasteiger partial charge in [-0.3, -0.25) is 9.69 Å². The second kappa shape index (κ2) is 8.32. The minimum atomic E-state index is -0.337. The average Bonchev–Trinajstić information content (AvgIpc) is 2.87. The zero-order chi connectivity index (χ0) is 18.5. The van der Waals surface area contributed by atoms with Crippen molar-refractivity contribution in [2.75, 3.05) is 33.3 Å². The van der Waals surface area contributed by atoms with Gasteiger partial charge in [-0.25, -0.2) is 4.39 Å². The second-order valence-electron chi connectivity index (χ2n) is 6.76. The van der Waals surface area contributed by atoms with Crippen LogP contribution in [0.3, 0.4) is 0 Å². The summed E-state index contributed by atoms with van der Waals surface area (Å²) in [4.78, 5) is 16.9. The molecule has 1 saturated heterocycles. The molecule has 0 aliphatic carbocycles. The molecule has 4 nitrogen and oxygen atoms in total. The van der Waals surface area contributed by atoms with Crippen LogP contribution in [-0.4, -0.2) is 49.0 Å². The van der Waals surface area contributed by atoms with Gasteiger partial charge in [-0.2, -0.15) is 0 Å². The summed E-state index contributed by atoms with van der Waals surface area (Å²) in [5.74, 6) is 0.0154. The molecule has 1 aliphatic rings. The van der Waals surface area contributed by atoms with Crippen molar-refractivity contribution in [3.05, 3.63) is 65.0 Å². The minimum Gasteiger partial charge on any atom is -0.494 e. The van der Waals surface area contributed by atoms with Crippen LogP contribution < -0.4 is 4.74 Å². The van der Waals surface area contributed by atoms with Gasteiger partial charge in [0, 0.05) is 38.3 Å². The highest BCUT2D eigenvalue weighted by Gasteiger charge is 2.20. The molecule has 1 fully saturated rings. The van der Waals surface area contributed by atoms with Crippen LogP contribution in [0.2, 0.25) is 0 Å². The Morgan fingerprint density at radius 2 is 1.96 bits per heavy atom. The molecule has 3 rings (SSSR count). The van der Waals surface area contributed by atoms with Crippen molar-refractivity contribution >= 4 is 5.91 Å². The largest absolute Gasteiger partial charge is 0.494 e. The lowest BCUT2D eigenvalue weighted by Gasteiger charge is -2.22. The monoisotopic (exact) mass is 356 g/mol. The Balaban J connectivity index is 1.61. The number of aryl methyl sites for hydroxylation is 1. The molecule has 0 spiro atoms. The van der Waals surface area contributed by atoms with Crippen LogP contribution in [0.4, 0.5) is 4.39 Å². The number of carbonyl (C=O) groups is 1. The Morgan fingerprint density at radius 3 is 2.69 bits per heavy atom. The lowest BCUT2D eigenvalue weighted by Crippen LogP contribution is -2.35. The molecule has 0 bridgehead atoms. The number of rotatable bonds is 4. The molecule has 0 saturated carbocycles. The first-order valence-corrected chi connectivity index (χ1v) is 8.97. The topological polar surface area (TPSA) is 32.8 Å². The number of hydrogen-bond donors (Lipinski definition) is 0. The van der Waals surface area contributed by atoms with E-state index in [9.17, 15) is 9.18 Å². The molecule has 2 aromatic rings. The molecule has 1 aliphatic heterocycles. The standard InChI is InChI=1S/C21H25FN2O2/c1-16-5-3-6-18(13-16)21(25)24-10-4-9-23(11-12-24)15-17-7-8-20(26-2)19(22)14-17/h3,5-8,13-14H,4,9-12,15H2,1-2H3. The predicted molar refractivity (Wildman–Crippen MR) is 99.9 cm³/mol. The zero-order valence-electron chi connectivity index (χ0n) is 15.4. The van der Waals surface area contributed by atoms with Crippen molar-refractivity contribution in [1.29, 1.82) is 0 Å². The van der Waals surface area contributed by atoms with E-state index >= 15 is 0 Å². The molecular weight excluding hydrogens is 331 g/mol. The summed E-state index contributed by atoms with van der Waals surface area (Å²) in [6.45, 7) is 5.78. The molecule has 5 heteroatoms. The summed E-state index contributed by atoms with van der Waals surface area (Å²) in [7, 11) is 1.46. The number of benzene rings is 2. The maximum absolute atomic E-state index is 13.9. The molecule has 0 aromatic heterocycles. The molecule has 138 valence electrons. The van der Waals surface area contributed by atoms with Crippen LogP contribution in [0.1, 0.15) is 27.9 Å². The van der Waals surface area contributed by atoms with Crippen molar-refractivity contribution < 1.29 is 13.9 Å². The van der Waals surface area contributed by atoms with E-state index in [0.29, 0.717) is 13.1 Å². The molecule has 1 amide bonds.